The smallest absolute Gasteiger partial charge is 0.160 e. The topological polar surface area (TPSA) is 60.2 Å². The predicted molar refractivity (Wildman–Crippen MR) is 50.9 cm³/mol. The molecule has 0 aliphatic carbocycles. The summed E-state index contributed by atoms with van der Waals surface area (Å²) in [6, 6.07) is 8.90. The molecule has 2 unspecified atom stereocenters. The fourth-order valence-corrected chi connectivity index (χ4v) is 3.48. The Morgan fingerprint density at radius 3 is 2.31 bits per heavy atom. The maximum Gasteiger partial charge on any atom is 0.160 e. The number of hydrogen-bond acceptors (Lipinski definition) is 3. The minimum Gasteiger partial charge on any atom is -0.325 e. The predicted octanol–water partition coefficient (Wildman–Crippen LogP) is 0.483. The summed E-state index contributed by atoms with van der Waals surface area (Å²) >= 11 is 0. The first-order chi connectivity index (χ1) is 6.11. The molecule has 1 fully saturated rings. The van der Waals surface area contributed by atoms with Gasteiger partial charge < -0.3 is 5.73 Å². The lowest BCUT2D eigenvalue weighted by atomic mass is 10.1. The molecule has 1 aliphatic heterocycles. The minimum absolute atomic E-state index is 0.118. The number of hydrogen-bond donors (Lipinski definition) is 1. The number of rotatable bonds is 1. The zero-order valence-corrected chi connectivity index (χ0v) is 7.87. The standard InChI is InChI=1S/C9H11NO2S/c10-8-6-13(11,12)9(8)7-4-2-1-3-5-7/h1-5,8-9H,6,10H2. The van der Waals surface area contributed by atoms with Crippen LogP contribution < -0.4 is 5.73 Å². The SMILES string of the molecule is NC1CS(=O)(=O)C1c1ccccc1. The average molecular weight is 197 g/mol. The molecule has 1 saturated heterocycles. The molecule has 3 nitrogen and oxygen atoms in total. The average Bonchev–Trinajstić information content (AvgIpc) is 2.04. The number of benzene rings is 1. The van der Waals surface area contributed by atoms with E-state index in [0.717, 1.165) is 5.56 Å². The molecule has 0 bridgehead atoms. The maximum atomic E-state index is 11.3. The van der Waals surface area contributed by atoms with E-state index in [9.17, 15) is 8.42 Å². The quantitative estimate of drug-likeness (QED) is 0.712. The van der Waals surface area contributed by atoms with Gasteiger partial charge in [-0.2, -0.15) is 0 Å². The number of sulfone groups is 1. The van der Waals surface area contributed by atoms with Gasteiger partial charge in [0.15, 0.2) is 9.84 Å². The van der Waals surface area contributed by atoms with E-state index in [1.54, 1.807) is 12.1 Å². The second kappa shape index (κ2) is 2.82. The number of nitrogens with two attached hydrogens (primary N) is 1. The van der Waals surface area contributed by atoms with Crippen LogP contribution in [0.4, 0.5) is 0 Å². The Morgan fingerprint density at radius 2 is 1.85 bits per heavy atom. The molecule has 2 atom stereocenters. The highest BCUT2D eigenvalue weighted by Gasteiger charge is 2.44. The van der Waals surface area contributed by atoms with Crippen LogP contribution >= 0.6 is 0 Å². The Bertz CT molecular complexity index is 399. The van der Waals surface area contributed by atoms with Crippen LogP contribution in [0.25, 0.3) is 0 Å². The third-order valence-corrected chi connectivity index (χ3v) is 4.57. The summed E-state index contributed by atoms with van der Waals surface area (Å²) in [5.41, 5.74) is 6.46. The summed E-state index contributed by atoms with van der Waals surface area (Å²) in [6.07, 6.45) is 0. The van der Waals surface area contributed by atoms with Crippen molar-refractivity contribution in [3.05, 3.63) is 35.9 Å². The van der Waals surface area contributed by atoms with Crippen LogP contribution in [0.15, 0.2) is 30.3 Å². The van der Waals surface area contributed by atoms with Crippen LogP contribution in [0.2, 0.25) is 0 Å². The molecule has 0 radical (unpaired) electrons. The summed E-state index contributed by atoms with van der Waals surface area (Å²) in [5, 5.41) is -0.478. The van der Waals surface area contributed by atoms with E-state index in [2.05, 4.69) is 0 Å². The van der Waals surface area contributed by atoms with Gasteiger partial charge in [0.2, 0.25) is 0 Å². The molecule has 4 heteroatoms. The maximum absolute atomic E-state index is 11.3. The summed E-state index contributed by atoms with van der Waals surface area (Å²) in [5.74, 6) is 0.118. The van der Waals surface area contributed by atoms with Crippen molar-refractivity contribution in [3.63, 3.8) is 0 Å². The Balaban J connectivity index is 2.38. The van der Waals surface area contributed by atoms with Crippen molar-refractivity contribution in [1.29, 1.82) is 0 Å². The zero-order chi connectivity index (χ0) is 9.47. The second-order valence-corrected chi connectivity index (χ2v) is 5.49. The van der Waals surface area contributed by atoms with Crippen molar-refractivity contribution < 1.29 is 8.42 Å². The highest BCUT2D eigenvalue weighted by molar-refractivity contribution is 7.93. The Kier molecular flexibility index (Phi) is 1.89. The molecule has 2 N–H and O–H groups in total. The molecule has 1 aromatic carbocycles. The van der Waals surface area contributed by atoms with Gasteiger partial charge in [0.05, 0.1) is 5.75 Å². The van der Waals surface area contributed by atoms with Gasteiger partial charge >= 0.3 is 0 Å². The first-order valence-corrected chi connectivity index (χ1v) is 5.85. The molecular formula is C9H11NO2S. The van der Waals surface area contributed by atoms with E-state index in [1.807, 2.05) is 18.2 Å². The lowest BCUT2D eigenvalue weighted by molar-refractivity contribution is 0.523. The molecule has 0 amide bonds. The Hall–Kier alpha value is -0.870. The van der Waals surface area contributed by atoms with E-state index in [0.29, 0.717) is 0 Å². The van der Waals surface area contributed by atoms with E-state index >= 15 is 0 Å². The Morgan fingerprint density at radius 1 is 1.23 bits per heavy atom. The highest BCUT2D eigenvalue weighted by Crippen LogP contribution is 2.34. The summed E-state index contributed by atoms with van der Waals surface area (Å²) in [7, 11) is -2.95. The highest BCUT2D eigenvalue weighted by atomic mass is 32.2. The van der Waals surface area contributed by atoms with Crippen LogP contribution in [0, 0.1) is 0 Å². The fraction of sp³-hybridized carbons (Fsp3) is 0.333. The fourth-order valence-electron chi connectivity index (χ4n) is 1.70. The van der Waals surface area contributed by atoms with Gasteiger partial charge in [-0.1, -0.05) is 30.3 Å². The molecule has 1 aliphatic rings. The zero-order valence-electron chi connectivity index (χ0n) is 7.05. The molecule has 1 aromatic rings. The van der Waals surface area contributed by atoms with Crippen LogP contribution in [0.3, 0.4) is 0 Å². The molecule has 0 saturated carbocycles. The summed E-state index contributed by atoms with van der Waals surface area (Å²) in [6.45, 7) is 0. The van der Waals surface area contributed by atoms with Crippen molar-refractivity contribution in [2.24, 2.45) is 5.73 Å². The van der Waals surface area contributed by atoms with Gasteiger partial charge in [0.25, 0.3) is 0 Å². The molecule has 13 heavy (non-hydrogen) atoms. The van der Waals surface area contributed by atoms with Crippen molar-refractivity contribution in [2.75, 3.05) is 5.75 Å². The van der Waals surface area contributed by atoms with Crippen LogP contribution in [-0.4, -0.2) is 20.2 Å². The summed E-state index contributed by atoms with van der Waals surface area (Å²) in [4.78, 5) is 0. The molecule has 0 aromatic heterocycles. The van der Waals surface area contributed by atoms with Gasteiger partial charge in [-0.25, -0.2) is 8.42 Å². The van der Waals surface area contributed by atoms with Crippen LogP contribution in [0.1, 0.15) is 10.8 Å². The van der Waals surface area contributed by atoms with Gasteiger partial charge in [0, 0.05) is 6.04 Å². The van der Waals surface area contributed by atoms with E-state index < -0.39 is 15.1 Å². The molecule has 2 rings (SSSR count). The third kappa shape index (κ3) is 1.36. The normalized spacial score (nSPS) is 30.8. The monoisotopic (exact) mass is 197 g/mol. The Labute approximate surface area is 77.5 Å². The van der Waals surface area contributed by atoms with Crippen LogP contribution in [0.5, 0.6) is 0 Å². The van der Waals surface area contributed by atoms with E-state index in [1.165, 1.54) is 0 Å². The van der Waals surface area contributed by atoms with Crippen molar-refractivity contribution in [3.8, 4) is 0 Å². The van der Waals surface area contributed by atoms with E-state index in [-0.39, 0.29) is 11.8 Å². The van der Waals surface area contributed by atoms with Gasteiger partial charge in [-0.15, -0.1) is 0 Å². The van der Waals surface area contributed by atoms with Gasteiger partial charge in [-0.05, 0) is 5.56 Å². The minimum atomic E-state index is -2.95. The van der Waals surface area contributed by atoms with E-state index in [4.69, 9.17) is 5.73 Å². The lowest BCUT2D eigenvalue weighted by Gasteiger charge is -2.33. The van der Waals surface area contributed by atoms with Crippen LogP contribution in [-0.2, 0) is 9.84 Å². The molecule has 0 spiro atoms. The largest absolute Gasteiger partial charge is 0.325 e. The molecule has 1 heterocycles. The molecule has 70 valence electrons. The summed E-state index contributed by atoms with van der Waals surface area (Å²) < 4.78 is 22.7. The third-order valence-electron chi connectivity index (χ3n) is 2.33. The van der Waals surface area contributed by atoms with Crippen molar-refractivity contribution in [2.45, 2.75) is 11.3 Å². The van der Waals surface area contributed by atoms with Crippen molar-refractivity contribution in [1.82, 2.24) is 0 Å². The van der Waals surface area contributed by atoms with Gasteiger partial charge in [0.1, 0.15) is 5.25 Å². The lowest BCUT2D eigenvalue weighted by Crippen LogP contribution is -2.50. The first kappa shape index (κ1) is 8.72. The molecular weight excluding hydrogens is 186 g/mol. The van der Waals surface area contributed by atoms with Crippen molar-refractivity contribution >= 4 is 9.84 Å². The second-order valence-electron chi connectivity index (χ2n) is 3.32. The van der Waals surface area contributed by atoms with Gasteiger partial charge in [-0.3, -0.25) is 0 Å². The first-order valence-electron chi connectivity index (χ1n) is 4.13.